The second-order valence-electron chi connectivity index (χ2n) is 10.8. The molecule has 0 amide bonds. The Hall–Kier alpha value is -5.76. The van der Waals surface area contributed by atoms with Gasteiger partial charge in [-0.25, -0.2) is 19.2 Å². The molecule has 6 aromatic rings. The number of carboxylic acids is 4. The van der Waals surface area contributed by atoms with E-state index in [9.17, 15) is 39.6 Å². The van der Waals surface area contributed by atoms with E-state index in [2.05, 4.69) is 48.5 Å². The Morgan fingerprint density at radius 1 is 0.477 bits per heavy atom. The molecule has 0 bridgehead atoms. The average Bonchev–Trinajstić information content (AvgIpc) is 3.02. The van der Waals surface area contributed by atoms with E-state index in [0.717, 1.165) is 6.07 Å². The average molecular weight is 587 g/mol. The summed E-state index contributed by atoms with van der Waals surface area (Å²) in [5.41, 5.74) is 1.01. The minimum Gasteiger partial charge on any atom is -0.478 e. The number of hydrogen-bond donors (Lipinski definition) is 4. The van der Waals surface area contributed by atoms with Crippen LogP contribution in [0.15, 0.2) is 84.9 Å². The highest BCUT2D eigenvalue weighted by Gasteiger charge is 2.27. The van der Waals surface area contributed by atoms with Crippen molar-refractivity contribution in [1.82, 2.24) is 0 Å². The van der Waals surface area contributed by atoms with E-state index >= 15 is 0 Å². The summed E-state index contributed by atoms with van der Waals surface area (Å²) in [4.78, 5) is 46.5. The second kappa shape index (κ2) is 11.1. The maximum atomic E-state index is 11.9. The summed E-state index contributed by atoms with van der Waals surface area (Å²) in [6.45, 7) is 0. The Morgan fingerprint density at radius 3 is 1.84 bits per heavy atom. The molecule has 4 N–H and O–H groups in total. The van der Waals surface area contributed by atoms with Crippen molar-refractivity contribution in [3.63, 3.8) is 0 Å². The minimum absolute atomic E-state index is 0.162. The zero-order valence-electron chi connectivity index (χ0n) is 23.3. The van der Waals surface area contributed by atoms with Crippen molar-refractivity contribution in [2.45, 2.75) is 25.7 Å². The molecule has 0 radical (unpaired) electrons. The fourth-order valence-electron chi connectivity index (χ4n) is 6.41. The molecule has 1 aliphatic rings. The van der Waals surface area contributed by atoms with Crippen molar-refractivity contribution in [3.05, 3.63) is 118 Å². The molecule has 0 spiro atoms. The van der Waals surface area contributed by atoms with Crippen LogP contribution in [-0.2, 0) is 12.8 Å². The molecule has 44 heavy (non-hydrogen) atoms. The highest BCUT2D eigenvalue weighted by Crippen LogP contribution is 2.35. The summed E-state index contributed by atoms with van der Waals surface area (Å²) in [5, 5.41) is 43.4. The lowest BCUT2D eigenvalue weighted by molar-refractivity contribution is 0.0652. The van der Waals surface area contributed by atoms with E-state index in [0.29, 0.717) is 0 Å². The molecule has 8 heteroatoms. The summed E-state index contributed by atoms with van der Waals surface area (Å²) in [5.74, 6) is -6.10. The fourth-order valence-corrected chi connectivity index (χ4v) is 6.41. The van der Waals surface area contributed by atoms with Gasteiger partial charge < -0.3 is 20.4 Å². The summed E-state index contributed by atoms with van der Waals surface area (Å²) in [6.07, 6.45) is 5.22. The molecule has 0 saturated carbocycles. The van der Waals surface area contributed by atoms with Gasteiger partial charge in [0.25, 0.3) is 0 Å². The van der Waals surface area contributed by atoms with Gasteiger partial charge in [-0.15, -0.1) is 0 Å². The number of rotatable bonds is 4. The van der Waals surface area contributed by atoms with Crippen LogP contribution in [0.1, 0.15) is 65.4 Å². The lowest BCUT2D eigenvalue weighted by Crippen LogP contribution is -2.12. The number of hydrogen-bond acceptors (Lipinski definition) is 4. The molecule has 0 saturated heterocycles. The van der Waals surface area contributed by atoms with Crippen molar-refractivity contribution >= 4 is 67.0 Å². The molecule has 0 aliphatic heterocycles. The van der Waals surface area contributed by atoms with Crippen molar-refractivity contribution in [1.29, 1.82) is 0 Å². The van der Waals surface area contributed by atoms with Crippen molar-refractivity contribution in [2.75, 3.05) is 0 Å². The quantitative estimate of drug-likeness (QED) is 0.121. The number of aryl methyl sites for hydroxylation is 2. The number of benzene rings is 6. The number of carboxylic acid groups (broad SMARTS) is 4. The van der Waals surface area contributed by atoms with Crippen LogP contribution < -0.4 is 0 Å². The lowest BCUT2D eigenvalue weighted by atomic mass is 9.86. The van der Waals surface area contributed by atoms with Crippen molar-refractivity contribution in [3.8, 4) is 0 Å². The van der Waals surface area contributed by atoms with Crippen LogP contribution in [0.4, 0.5) is 0 Å². The van der Waals surface area contributed by atoms with Gasteiger partial charge in [0.05, 0.1) is 22.3 Å². The Kier molecular flexibility index (Phi) is 7.19. The molecule has 0 atom stereocenters. The van der Waals surface area contributed by atoms with Crippen LogP contribution in [0, 0.1) is 0 Å². The summed E-state index contributed by atoms with van der Waals surface area (Å²) in [6, 6.07) is 25.9. The first-order chi connectivity index (χ1) is 21.2. The smallest absolute Gasteiger partial charge is 0.337 e. The topological polar surface area (TPSA) is 149 Å². The molecule has 7 rings (SSSR count). The molecule has 0 heterocycles. The van der Waals surface area contributed by atoms with E-state index in [1.807, 2.05) is 0 Å². The van der Waals surface area contributed by atoms with Gasteiger partial charge in [-0.05, 0) is 87.3 Å². The van der Waals surface area contributed by atoms with E-state index in [4.69, 9.17) is 0 Å². The van der Waals surface area contributed by atoms with Crippen molar-refractivity contribution < 1.29 is 39.6 Å². The lowest BCUT2D eigenvalue weighted by Gasteiger charge is -2.18. The third-order valence-electron chi connectivity index (χ3n) is 8.29. The third kappa shape index (κ3) is 4.76. The molecule has 1 aliphatic carbocycles. The highest BCUT2D eigenvalue weighted by molar-refractivity contribution is 6.25. The van der Waals surface area contributed by atoms with Gasteiger partial charge in [0.1, 0.15) is 0 Å². The maximum absolute atomic E-state index is 11.9. The van der Waals surface area contributed by atoms with Crippen LogP contribution in [0.2, 0.25) is 0 Å². The van der Waals surface area contributed by atoms with Gasteiger partial charge in [-0.3, -0.25) is 0 Å². The van der Waals surface area contributed by atoms with Crippen LogP contribution in [0.3, 0.4) is 0 Å². The van der Waals surface area contributed by atoms with Crippen LogP contribution in [0.5, 0.6) is 0 Å². The first-order valence-corrected chi connectivity index (χ1v) is 14.0. The Labute approximate surface area is 250 Å². The Morgan fingerprint density at radius 2 is 1.11 bits per heavy atom. The fraction of sp³-hybridized carbons (Fsp3) is 0.111. The predicted octanol–water partition coefficient (Wildman–Crippen LogP) is 7.66. The molecule has 0 aromatic heterocycles. The normalized spacial score (nSPS) is 12.5. The molecule has 0 unspecified atom stereocenters. The van der Waals surface area contributed by atoms with E-state index < -0.39 is 40.6 Å². The molecule has 218 valence electrons. The molecular formula is C36H26O8. The Bertz CT molecular complexity index is 2200. The first-order valence-electron chi connectivity index (χ1n) is 14.0. The zero-order valence-corrected chi connectivity index (χ0v) is 23.3. The molecule has 0 fully saturated rings. The van der Waals surface area contributed by atoms with Crippen LogP contribution in [-0.4, -0.2) is 44.3 Å². The summed E-state index contributed by atoms with van der Waals surface area (Å²) in [7, 11) is 0. The standard InChI is InChI=1S/C18H10O8.C18H16/c19-15(20)9-3-1-2-7-6-8-4-5-10(16(21)22)13(17(23)24)12(8)14(11(7)9)18(25)26;1-3-7-15-13(5-1)9-11-18-16-8-4-2-6-14(16)10-12-17(15)18/h1-6H,(H,19,20)(H,21,22)(H,23,24)(H,25,26);1,3,5,7,9-12H,2,4,6,8H2. The van der Waals surface area contributed by atoms with Gasteiger partial charge in [-0.1, -0.05) is 66.7 Å². The first kappa shape index (κ1) is 28.4. The van der Waals surface area contributed by atoms with E-state index in [-0.39, 0.29) is 27.1 Å². The number of carbonyl (C=O) groups is 4. The highest BCUT2D eigenvalue weighted by atomic mass is 16.4. The molecule has 8 nitrogen and oxygen atoms in total. The van der Waals surface area contributed by atoms with Gasteiger partial charge >= 0.3 is 23.9 Å². The minimum atomic E-state index is -1.62. The SMILES string of the molecule is O=C(O)c1ccc2cc3cccc(C(=O)O)c3c(C(=O)O)c2c1C(=O)O.c1ccc2c(c1)ccc1c3c(ccc12)CCCC3. The van der Waals surface area contributed by atoms with E-state index in [1.165, 1.54) is 77.6 Å². The van der Waals surface area contributed by atoms with Crippen LogP contribution in [0.25, 0.3) is 43.1 Å². The monoisotopic (exact) mass is 586 g/mol. The van der Waals surface area contributed by atoms with E-state index in [1.54, 1.807) is 11.1 Å². The number of fused-ring (bicyclic) bond motifs is 7. The van der Waals surface area contributed by atoms with Gasteiger partial charge in [0, 0.05) is 10.8 Å². The molecular weight excluding hydrogens is 560 g/mol. The predicted molar refractivity (Wildman–Crippen MR) is 167 cm³/mol. The Balaban J connectivity index is 0.000000165. The maximum Gasteiger partial charge on any atom is 0.337 e. The van der Waals surface area contributed by atoms with Gasteiger partial charge in [-0.2, -0.15) is 0 Å². The second-order valence-corrected chi connectivity index (χ2v) is 10.8. The summed E-state index contributed by atoms with van der Waals surface area (Å²) < 4.78 is 0. The van der Waals surface area contributed by atoms with Gasteiger partial charge in [0.2, 0.25) is 0 Å². The summed E-state index contributed by atoms with van der Waals surface area (Å²) >= 11 is 0. The van der Waals surface area contributed by atoms with Gasteiger partial charge in [0.15, 0.2) is 0 Å². The van der Waals surface area contributed by atoms with Crippen LogP contribution >= 0.6 is 0 Å². The zero-order chi connectivity index (χ0) is 31.1. The molecule has 6 aromatic carbocycles. The third-order valence-corrected chi connectivity index (χ3v) is 8.29. The number of aromatic carboxylic acids is 4. The largest absolute Gasteiger partial charge is 0.478 e. The van der Waals surface area contributed by atoms with Crippen molar-refractivity contribution in [2.24, 2.45) is 0 Å².